The Hall–Kier alpha value is -1.91. The van der Waals surface area contributed by atoms with E-state index in [1.807, 2.05) is 41.3 Å². The van der Waals surface area contributed by atoms with Crippen LogP contribution in [0.4, 0.5) is 0 Å². The zero-order valence-corrected chi connectivity index (χ0v) is 18.1. The Morgan fingerprint density at radius 2 is 1.52 bits per heavy atom. The van der Waals surface area contributed by atoms with Gasteiger partial charge in [0.05, 0.1) is 18.6 Å². The van der Waals surface area contributed by atoms with Crippen LogP contribution in [0.25, 0.3) is 0 Å². The summed E-state index contributed by atoms with van der Waals surface area (Å²) in [5.74, 6) is 0.105. The maximum absolute atomic E-state index is 13.0. The SMILES string of the molecule is CC(C)(C)[Si](C)(C)OC[C@@H]1[C@H](c2ccccc2)C(=O)N1Cc1ccccc1. The number of benzene rings is 2. The third-order valence-electron chi connectivity index (χ3n) is 6.11. The minimum Gasteiger partial charge on any atom is -0.415 e. The van der Waals surface area contributed by atoms with Crippen LogP contribution in [0, 0.1) is 0 Å². The Balaban J connectivity index is 1.80. The van der Waals surface area contributed by atoms with Gasteiger partial charge in [-0.3, -0.25) is 4.79 Å². The van der Waals surface area contributed by atoms with E-state index in [1.54, 1.807) is 0 Å². The van der Waals surface area contributed by atoms with E-state index < -0.39 is 8.32 Å². The summed E-state index contributed by atoms with van der Waals surface area (Å²) in [4.78, 5) is 15.0. The first-order valence-corrected chi connectivity index (χ1v) is 12.6. The van der Waals surface area contributed by atoms with E-state index in [0.717, 1.165) is 11.1 Å². The highest BCUT2D eigenvalue weighted by molar-refractivity contribution is 6.74. The Morgan fingerprint density at radius 3 is 2.07 bits per heavy atom. The predicted molar refractivity (Wildman–Crippen MR) is 113 cm³/mol. The number of hydrogen-bond donors (Lipinski definition) is 0. The van der Waals surface area contributed by atoms with Crippen LogP contribution in [0.1, 0.15) is 37.8 Å². The summed E-state index contributed by atoms with van der Waals surface area (Å²) < 4.78 is 6.51. The van der Waals surface area contributed by atoms with Crippen LogP contribution in [-0.2, 0) is 15.8 Å². The molecule has 144 valence electrons. The second-order valence-electron chi connectivity index (χ2n) is 8.98. The van der Waals surface area contributed by atoms with Crippen molar-refractivity contribution in [3.63, 3.8) is 0 Å². The van der Waals surface area contributed by atoms with Crippen molar-refractivity contribution in [2.75, 3.05) is 6.61 Å². The topological polar surface area (TPSA) is 29.5 Å². The molecule has 1 heterocycles. The van der Waals surface area contributed by atoms with E-state index in [9.17, 15) is 4.79 Å². The summed E-state index contributed by atoms with van der Waals surface area (Å²) in [7, 11) is -1.86. The average molecular weight is 382 g/mol. The molecule has 0 radical (unpaired) electrons. The molecule has 1 amide bonds. The lowest BCUT2D eigenvalue weighted by atomic mass is 9.81. The zero-order valence-electron chi connectivity index (χ0n) is 17.1. The molecule has 0 unspecified atom stereocenters. The number of amides is 1. The summed E-state index contributed by atoms with van der Waals surface area (Å²) in [5, 5.41) is 0.160. The second-order valence-corrected chi connectivity index (χ2v) is 13.8. The molecule has 0 N–H and O–H groups in total. The summed E-state index contributed by atoms with van der Waals surface area (Å²) in [6, 6.07) is 20.4. The van der Waals surface area contributed by atoms with Gasteiger partial charge in [-0.25, -0.2) is 0 Å². The first kappa shape index (κ1) is 19.8. The number of β-lactam (4-membered cyclic amide) rings is 1. The summed E-state index contributed by atoms with van der Waals surface area (Å²) in [5.41, 5.74) is 2.25. The molecule has 2 aromatic carbocycles. The van der Waals surface area contributed by atoms with Crippen LogP contribution in [-0.4, -0.2) is 31.8 Å². The van der Waals surface area contributed by atoms with E-state index in [1.165, 1.54) is 0 Å². The molecule has 27 heavy (non-hydrogen) atoms. The van der Waals surface area contributed by atoms with Gasteiger partial charge in [0.25, 0.3) is 0 Å². The second kappa shape index (κ2) is 7.61. The summed E-state index contributed by atoms with van der Waals surface area (Å²) in [6.07, 6.45) is 0. The fourth-order valence-corrected chi connectivity index (χ4v) is 4.32. The van der Waals surface area contributed by atoms with Crippen molar-refractivity contribution in [1.29, 1.82) is 0 Å². The minimum absolute atomic E-state index is 0.0919. The molecular formula is C23H31NO2Si. The van der Waals surface area contributed by atoms with Gasteiger partial charge in [-0.15, -0.1) is 0 Å². The van der Waals surface area contributed by atoms with Crippen molar-refractivity contribution >= 4 is 14.2 Å². The number of nitrogens with zero attached hydrogens (tertiary/aromatic N) is 1. The normalized spacial score (nSPS) is 20.5. The van der Waals surface area contributed by atoms with Crippen LogP contribution in [0.15, 0.2) is 60.7 Å². The van der Waals surface area contributed by atoms with Gasteiger partial charge < -0.3 is 9.33 Å². The highest BCUT2D eigenvalue weighted by Crippen LogP contribution is 2.40. The van der Waals surface area contributed by atoms with Gasteiger partial charge in [0, 0.05) is 6.54 Å². The fraction of sp³-hybridized carbons (Fsp3) is 0.435. The number of rotatable bonds is 6. The van der Waals surface area contributed by atoms with Gasteiger partial charge in [-0.2, -0.15) is 0 Å². The Bertz CT molecular complexity index is 768. The van der Waals surface area contributed by atoms with Crippen molar-refractivity contribution in [3.05, 3.63) is 71.8 Å². The largest absolute Gasteiger partial charge is 0.415 e. The molecule has 4 heteroatoms. The van der Waals surface area contributed by atoms with Gasteiger partial charge >= 0.3 is 0 Å². The molecule has 1 aliphatic heterocycles. The van der Waals surface area contributed by atoms with E-state index in [2.05, 4.69) is 58.1 Å². The first-order valence-electron chi connectivity index (χ1n) is 9.74. The van der Waals surface area contributed by atoms with Crippen molar-refractivity contribution < 1.29 is 9.22 Å². The standard InChI is InChI=1S/C23H31NO2Si/c1-23(2,3)27(4,5)26-17-20-21(19-14-10-7-11-15-19)22(25)24(20)16-18-12-8-6-9-13-18/h6-15,20-21H,16-17H2,1-5H3/t20-,21+/m1/s1. The molecule has 0 bridgehead atoms. The smallest absolute Gasteiger partial charge is 0.232 e. The first-order chi connectivity index (χ1) is 12.7. The Kier molecular flexibility index (Phi) is 5.59. The van der Waals surface area contributed by atoms with Crippen molar-refractivity contribution in [2.45, 2.75) is 57.4 Å². The van der Waals surface area contributed by atoms with Crippen LogP contribution in [0.5, 0.6) is 0 Å². The lowest BCUT2D eigenvalue weighted by Crippen LogP contribution is -2.61. The average Bonchev–Trinajstić information content (AvgIpc) is 2.63. The summed E-state index contributed by atoms with van der Waals surface area (Å²) in [6.45, 7) is 12.5. The monoisotopic (exact) mass is 381 g/mol. The van der Waals surface area contributed by atoms with E-state index in [0.29, 0.717) is 13.2 Å². The lowest BCUT2D eigenvalue weighted by Gasteiger charge is -2.49. The van der Waals surface area contributed by atoms with Gasteiger partial charge in [-0.1, -0.05) is 81.4 Å². The summed E-state index contributed by atoms with van der Waals surface area (Å²) >= 11 is 0. The number of likely N-dealkylation sites (tertiary alicyclic amines) is 1. The Morgan fingerprint density at radius 1 is 0.963 bits per heavy atom. The van der Waals surface area contributed by atoms with Crippen molar-refractivity contribution in [1.82, 2.24) is 4.90 Å². The van der Waals surface area contributed by atoms with Crippen LogP contribution < -0.4 is 0 Å². The Labute approximate surface area is 164 Å². The highest BCUT2D eigenvalue weighted by atomic mass is 28.4. The molecular weight excluding hydrogens is 350 g/mol. The zero-order chi connectivity index (χ0) is 19.7. The molecule has 0 saturated carbocycles. The van der Waals surface area contributed by atoms with Crippen LogP contribution >= 0.6 is 0 Å². The molecule has 2 aromatic rings. The number of carbonyl (C=O) groups excluding carboxylic acids is 1. The molecule has 1 aliphatic rings. The molecule has 3 rings (SSSR count). The van der Waals surface area contributed by atoms with Crippen molar-refractivity contribution in [2.24, 2.45) is 0 Å². The minimum atomic E-state index is -1.86. The molecule has 0 aliphatic carbocycles. The maximum atomic E-state index is 13.0. The van der Waals surface area contributed by atoms with E-state index >= 15 is 0 Å². The van der Waals surface area contributed by atoms with E-state index in [4.69, 9.17) is 4.43 Å². The molecule has 1 saturated heterocycles. The predicted octanol–water partition coefficient (Wildman–Crippen LogP) is 5.20. The molecule has 1 fully saturated rings. The van der Waals surface area contributed by atoms with Gasteiger partial charge in [0.2, 0.25) is 5.91 Å². The van der Waals surface area contributed by atoms with Gasteiger partial charge in [-0.05, 0) is 29.3 Å². The number of hydrogen-bond acceptors (Lipinski definition) is 2. The van der Waals surface area contributed by atoms with Crippen LogP contribution in [0.2, 0.25) is 18.1 Å². The maximum Gasteiger partial charge on any atom is 0.232 e. The molecule has 3 nitrogen and oxygen atoms in total. The molecule has 2 atom stereocenters. The quantitative estimate of drug-likeness (QED) is 0.508. The van der Waals surface area contributed by atoms with E-state index in [-0.39, 0.29) is 22.9 Å². The lowest BCUT2D eigenvalue weighted by molar-refractivity contribution is -0.153. The fourth-order valence-electron chi connectivity index (χ4n) is 3.30. The van der Waals surface area contributed by atoms with Crippen molar-refractivity contribution in [3.8, 4) is 0 Å². The highest BCUT2D eigenvalue weighted by Gasteiger charge is 2.49. The third kappa shape index (κ3) is 4.17. The molecule has 0 aromatic heterocycles. The van der Waals surface area contributed by atoms with Gasteiger partial charge in [0.15, 0.2) is 8.32 Å². The molecule has 0 spiro atoms. The third-order valence-corrected chi connectivity index (χ3v) is 10.6. The van der Waals surface area contributed by atoms with Gasteiger partial charge in [0.1, 0.15) is 0 Å². The number of carbonyl (C=O) groups is 1. The van der Waals surface area contributed by atoms with Crippen LogP contribution in [0.3, 0.4) is 0 Å².